The second-order valence-electron chi connectivity index (χ2n) is 7.22. The maximum absolute atomic E-state index is 10.4. The van der Waals surface area contributed by atoms with Gasteiger partial charge >= 0.3 is 0 Å². The van der Waals surface area contributed by atoms with Gasteiger partial charge in [0.1, 0.15) is 0 Å². The number of hydrogen-bond acceptors (Lipinski definition) is 5. The number of nitrogens with zero attached hydrogens (tertiary/aromatic N) is 1. The molecule has 0 radical (unpaired) electrons. The van der Waals surface area contributed by atoms with Crippen LogP contribution in [0, 0.1) is 0 Å². The highest BCUT2D eigenvalue weighted by Gasteiger charge is 2.52. The van der Waals surface area contributed by atoms with Crippen LogP contribution in [0.15, 0.2) is 23.8 Å². The van der Waals surface area contributed by atoms with E-state index in [9.17, 15) is 5.11 Å². The summed E-state index contributed by atoms with van der Waals surface area (Å²) in [5.41, 5.74) is 3.85. The minimum absolute atomic E-state index is 0.160. The van der Waals surface area contributed by atoms with Gasteiger partial charge in [0.25, 0.3) is 0 Å². The van der Waals surface area contributed by atoms with Gasteiger partial charge in [0.2, 0.25) is 6.79 Å². The Morgan fingerprint density at radius 3 is 2.88 bits per heavy atom. The van der Waals surface area contributed by atoms with Crippen molar-refractivity contribution in [3.8, 4) is 11.5 Å². The fourth-order valence-corrected chi connectivity index (χ4v) is 5.08. The zero-order valence-electron chi connectivity index (χ0n) is 14.0. The Labute approximate surface area is 141 Å². The smallest absolute Gasteiger partial charge is 0.231 e. The first-order valence-electron chi connectivity index (χ1n) is 8.82. The molecule has 1 aliphatic carbocycles. The largest absolute Gasteiger partial charge is 0.454 e. The van der Waals surface area contributed by atoms with E-state index in [2.05, 4.69) is 17.0 Å². The van der Waals surface area contributed by atoms with Crippen LogP contribution in [0.2, 0.25) is 0 Å². The number of hydrogen-bond donors (Lipinski definition) is 1. The van der Waals surface area contributed by atoms with Gasteiger partial charge in [0.05, 0.1) is 17.7 Å². The van der Waals surface area contributed by atoms with Gasteiger partial charge in [-0.2, -0.15) is 0 Å². The Morgan fingerprint density at radius 1 is 1.21 bits per heavy atom. The van der Waals surface area contributed by atoms with Gasteiger partial charge in [-0.15, -0.1) is 0 Å². The SMILES string of the molecule is COC1C[C@@]23C(=C[C@@H]1O)CCN2CCCc1cc2c(cc13)OCO2. The maximum Gasteiger partial charge on any atom is 0.231 e. The van der Waals surface area contributed by atoms with Gasteiger partial charge in [0.15, 0.2) is 11.5 Å². The molecular formula is C19H23NO4. The lowest BCUT2D eigenvalue weighted by Gasteiger charge is -2.45. The number of methoxy groups -OCH3 is 1. The van der Waals surface area contributed by atoms with E-state index >= 15 is 0 Å². The van der Waals surface area contributed by atoms with Gasteiger partial charge in [0, 0.05) is 20.1 Å². The summed E-state index contributed by atoms with van der Waals surface area (Å²) in [5.74, 6) is 1.71. The molecule has 0 bridgehead atoms. The zero-order chi connectivity index (χ0) is 16.3. The number of aryl methyl sites for hydroxylation is 1. The topological polar surface area (TPSA) is 51.2 Å². The van der Waals surface area contributed by atoms with Crippen LogP contribution in [-0.2, 0) is 16.7 Å². The van der Waals surface area contributed by atoms with Crippen molar-refractivity contribution in [3.05, 3.63) is 34.9 Å². The lowest BCUT2D eigenvalue weighted by molar-refractivity contribution is -0.0317. The van der Waals surface area contributed by atoms with E-state index in [-0.39, 0.29) is 11.6 Å². The molecule has 1 N–H and O–H groups in total. The molecule has 5 heteroatoms. The molecule has 4 aliphatic rings. The lowest BCUT2D eigenvalue weighted by Crippen LogP contribution is -2.49. The fourth-order valence-electron chi connectivity index (χ4n) is 5.08. The third-order valence-electron chi connectivity index (χ3n) is 6.19. The van der Waals surface area contributed by atoms with Gasteiger partial charge in [-0.05, 0) is 54.6 Å². The molecule has 1 saturated heterocycles. The summed E-state index contributed by atoms with van der Waals surface area (Å²) in [6, 6.07) is 4.35. The molecule has 1 unspecified atom stereocenters. The molecule has 5 nitrogen and oxygen atoms in total. The minimum atomic E-state index is -0.517. The quantitative estimate of drug-likeness (QED) is 0.799. The monoisotopic (exact) mass is 329 g/mol. The lowest BCUT2D eigenvalue weighted by atomic mass is 9.72. The molecule has 128 valence electrons. The summed E-state index contributed by atoms with van der Waals surface area (Å²) in [6.45, 7) is 2.42. The Hall–Kier alpha value is -1.56. The number of aliphatic hydroxyl groups is 1. The molecule has 3 aliphatic heterocycles. The fraction of sp³-hybridized carbons (Fsp3) is 0.579. The summed E-state index contributed by atoms with van der Waals surface area (Å²) in [5, 5.41) is 10.4. The van der Waals surface area contributed by atoms with E-state index in [4.69, 9.17) is 14.2 Å². The standard InChI is InChI=1S/C19H23NO4/c1-22-18-10-19-13(8-15(18)21)4-6-20(19)5-2-3-12-7-16-17(9-14(12)19)24-11-23-16/h7-9,15,18,21H,2-6,10-11H2,1H3/t15-,18?,19-/m0/s1. The molecule has 1 fully saturated rings. The van der Waals surface area contributed by atoms with Crippen LogP contribution in [0.25, 0.3) is 0 Å². The number of fused-ring (bicyclic) bond motifs is 2. The predicted octanol–water partition coefficient (Wildman–Crippen LogP) is 1.97. The Kier molecular flexibility index (Phi) is 3.21. The van der Waals surface area contributed by atoms with Crippen LogP contribution in [0.3, 0.4) is 0 Å². The average molecular weight is 329 g/mol. The van der Waals surface area contributed by atoms with Crippen LogP contribution in [0.4, 0.5) is 0 Å². The van der Waals surface area contributed by atoms with Crippen molar-refractivity contribution in [1.29, 1.82) is 0 Å². The van der Waals surface area contributed by atoms with Crippen molar-refractivity contribution in [3.63, 3.8) is 0 Å². The average Bonchev–Trinajstić information content (AvgIpc) is 3.14. The first kappa shape index (κ1) is 14.8. The maximum atomic E-state index is 10.4. The second kappa shape index (κ2) is 5.22. The first-order valence-corrected chi connectivity index (χ1v) is 8.82. The highest BCUT2D eigenvalue weighted by Crippen LogP contribution is 2.54. The molecule has 1 spiro atoms. The van der Waals surface area contributed by atoms with E-state index in [0.29, 0.717) is 6.79 Å². The number of aliphatic hydroxyl groups excluding tert-OH is 1. The molecule has 3 heterocycles. The van der Waals surface area contributed by atoms with Crippen LogP contribution in [0.1, 0.15) is 30.4 Å². The summed E-state index contributed by atoms with van der Waals surface area (Å²) in [4.78, 5) is 2.59. The summed E-state index contributed by atoms with van der Waals surface area (Å²) < 4.78 is 16.9. The van der Waals surface area contributed by atoms with Crippen LogP contribution in [-0.4, -0.2) is 49.2 Å². The number of ether oxygens (including phenoxy) is 3. The normalized spacial score (nSPS) is 34.2. The van der Waals surface area contributed by atoms with Crippen LogP contribution >= 0.6 is 0 Å². The molecule has 0 aromatic heterocycles. The Bertz CT molecular complexity index is 716. The third-order valence-corrected chi connectivity index (χ3v) is 6.19. The molecule has 1 aromatic rings. The Balaban J connectivity index is 1.73. The third kappa shape index (κ3) is 1.86. The van der Waals surface area contributed by atoms with E-state index in [1.807, 2.05) is 6.08 Å². The van der Waals surface area contributed by atoms with Gasteiger partial charge < -0.3 is 19.3 Å². The Morgan fingerprint density at radius 2 is 2.04 bits per heavy atom. The van der Waals surface area contributed by atoms with E-state index in [1.165, 1.54) is 16.7 Å². The van der Waals surface area contributed by atoms with Crippen LogP contribution in [0.5, 0.6) is 11.5 Å². The van der Waals surface area contributed by atoms with Crippen molar-refractivity contribution in [1.82, 2.24) is 4.90 Å². The van der Waals surface area contributed by atoms with Crippen molar-refractivity contribution >= 4 is 0 Å². The number of rotatable bonds is 1. The van der Waals surface area contributed by atoms with Gasteiger partial charge in [-0.1, -0.05) is 6.08 Å². The minimum Gasteiger partial charge on any atom is -0.454 e. The van der Waals surface area contributed by atoms with Crippen LogP contribution < -0.4 is 9.47 Å². The second-order valence-corrected chi connectivity index (χ2v) is 7.22. The molecule has 3 atom stereocenters. The molecule has 5 rings (SSSR count). The van der Waals surface area contributed by atoms with Gasteiger partial charge in [-0.3, -0.25) is 4.90 Å². The van der Waals surface area contributed by atoms with Crippen molar-refractivity contribution in [2.24, 2.45) is 0 Å². The molecule has 24 heavy (non-hydrogen) atoms. The summed E-state index contributed by atoms with van der Waals surface area (Å²) >= 11 is 0. The molecule has 0 saturated carbocycles. The number of benzene rings is 1. The summed E-state index contributed by atoms with van der Waals surface area (Å²) in [7, 11) is 1.69. The molecule has 0 amide bonds. The summed E-state index contributed by atoms with van der Waals surface area (Å²) in [6.07, 6.45) is 5.35. The highest BCUT2D eigenvalue weighted by molar-refractivity contribution is 5.55. The zero-order valence-corrected chi connectivity index (χ0v) is 14.0. The predicted molar refractivity (Wildman–Crippen MR) is 88.3 cm³/mol. The molecule has 1 aromatic carbocycles. The van der Waals surface area contributed by atoms with Crippen molar-refractivity contribution in [2.45, 2.75) is 43.4 Å². The van der Waals surface area contributed by atoms with Crippen molar-refractivity contribution < 1.29 is 19.3 Å². The van der Waals surface area contributed by atoms with Gasteiger partial charge in [-0.25, -0.2) is 0 Å². The van der Waals surface area contributed by atoms with E-state index in [0.717, 1.165) is 50.3 Å². The highest BCUT2D eigenvalue weighted by atomic mass is 16.7. The first-order chi connectivity index (χ1) is 11.7. The van der Waals surface area contributed by atoms with E-state index < -0.39 is 6.10 Å². The van der Waals surface area contributed by atoms with E-state index in [1.54, 1.807) is 7.11 Å². The van der Waals surface area contributed by atoms with Crippen molar-refractivity contribution in [2.75, 3.05) is 27.0 Å². The molecular weight excluding hydrogens is 306 g/mol.